The molecule has 6 heteroatoms. The molecule has 0 atom stereocenters. The van der Waals surface area contributed by atoms with Gasteiger partial charge >= 0.3 is 5.97 Å². The smallest absolute Gasteiger partial charge is 0.360 e. The minimum atomic E-state index is -0.496. The molecule has 0 spiro atoms. The highest BCUT2D eigenvalue weighted by molar-refractivity contribution is 5.92. The Labute approximate surface area is 95.0 Å². The molecule has 2 N–H and O–H groups in total. The molecule has 0 aromatic carbocycles. The monoisotopic (exact) mass is 226 g/mol. The number of carbonyl (C=O) groups is 1. The van der Waals surface area contributed by atoms with E-state index in [2.05, 4.69) is 9.72 Å². The van der Waals surface area contributed by atoms with Crippen LogP contribution in [0, 0.1) is 6.92 Å². The van der Waals surface area contributed by atoms with Crippen molar-refractivity contribution < 1.29 is 9.53 Å². The lowest BCUT2D eigenvalue weighted by molar-refractivity contribution is 0.0595. The van der Waals surface area contributed by atoms with Crippen molar-refractivity contribution in [1.82, 2.24) is 14.5 Å². The standard InChI is InChI=1S/C10H18N4O2/c1-7-12-8(10(15)16-4)9(11)14(7)6-5-13(2)3/h5-6,11H2,1-4H3. The molecule has 1 aromatic heterocycles. The van der Waals surface area contributed by atoms with E-state index in [-0.39, 0.29) is 5.69 Å². The second-order valence-electron chi connectivity index (χ2n) is 3.84. The number of anilines is 1. The van der Waals surface area contributed by atoms with Crippen LogP contribution in [0.5, 0.6) is 0 Å². The fourth-order valence-corrected chi connectivity index (χ4v) is 1.41. The van der Waals surface area contributed by atoms with E-state index >= 15 is 0 Å². The Bertz CT molecular complexity index is 384. The van der Waals surface area contributed by atoms with Gasteiger partial charge in [-0.05, 0) is 21.0 Å². The third-order valence-corrected chi connectivity index (χ3v) is 2.35. The van der Waals surface area contributed by atoms with Gasteiger partial charge in [0, 0.05) is 13.1 Å². The third kappa shape index (κ3) is 2.52. The Morgan fingerprint density at radius 1 is 1.56 bits per heavy atom. The van der Waals surface area contributed by atoms with Gasteiger partial charge in [0.25, 0.3) is 0 Å². The van der Waals surface area contributed by atoms with Crippen LogP contribution < -0.4 is 5.73 Å². The van der Waals surface area contributed by atoms with Gasteiger partial charge in [-0.1, -0.05) is 0 Å². The lowest BCUT2D eigenvalue weighted by Gasteiger charge is -2.12. The first-order chi connectivity index (χ1) is 7.47. The molecule has 0 saturated carbocycles. The number of likely N-dealkylation sites (N-methyl/N-ethyl adjacent to an activating group) is 1. The predicted molar refractivity (Wildman–Crippen MR) is 61.3 cm³/mol. The molecule has 0 unspecified atom stereocenters. The quantitative estimate of drug-likeness (QED) is 0.738. The molecule has 0 aliphatic rings. The summed E-state index contributed by atoms with van der Waals surface area (Å²) < 4.78 is 6.42. The van der Waals surface area contributed by atoms with E-state index in [0.717, 1.165) is 12.4 Å². The molecule has 0 saturated heterocycles. The van der Waals surface area contributed by atoms with E-state index in [1.165, 1.54) is 7.11 Å². The van der Waals surface area contributed by atoms with Crippen LogP contribution >= 0.6 is 0 Å². The Morgan fingerprint density at radius 3 is 2.69 bits per heavy atom. The summed E-state index contributed by atoms with van der Waals surface area (Å²) in [7, 11) is 5.27. The molecule has 0 fully saturated rings. The minimum absolute atomic E-state index is 0.193. The van der Waals surface area contributed by atoms with Crippen LogP contribution in [0.1, 0.15) is 16.3 Å². The predicted octanol–water partition coefficient (Wildman–Crippen LogP) is 0.122. The Morgan fingerprint density at radius 2 is 2.19 bits per heavy atom. The Balaban J connectivity index is 2.93. The number of methoxy groups -OCH3 is 1. The Hall–Kier alpha value is -1.56. The van der Waals surface area contributed by atoms with Gasteiger partial charge in [0.15, 0.2) is 5.69 Å². The molecule has 0 bridgehead atoms. The average molecular weight is 226 g/mol. The zero-order chi connectivity index (χ0) is 12.3. The summed E-state index contributed by atoms with van der Waals surface area (Å²) in [6, 6.07) is 0. The summed E-state index contributed by atoms with van der Waals surface area (Å²) in [4.78, 5) is 17.5. The Kier molecular flexibility index (Phi) is 3.89. The van der Waals surface area contributed by atoms with Crippen LogP contribution in [0.25, 0.3) is 0 Å². The number of imidazole rings is 1. The summed E-state index contributed by atoms with van der Waals surface area (Å²) in [5.74, 6) is 0.593. The first-order valence-corrected chi connectivity index (χ1v) is 5.03. The maximum atomic E-state index is 11.3. The molecule has 16 heavy (non-hydrogen) atoms. The average Bonchev–Trinajstić information content (AvgIpc) is 2.51. The van der Waals surface area contributed by atoms with E-state index in [0.29, 0.717) is 12.4 Å². The van der Waals surface area contributed by atoms with Crippen molar-refractivity contribution in [2.24, 2.45) is 0 Å². The van der Waals surface area contributed by atoms with Crippen LogP contribution in [-0.2, 0) is 11.3 Å². The summed E-state index contributed by atoms with van der Waals surface area (Å²) in [5, 5.41) is 0. The topological polar surface area (TPSA) is 73.4 Å². The van der Waals surface area contributed by atoms with Gasteiger partial charge in [-0.15, -0.1) is 0 Å². The number of esters is 1. The molecule has 0 radical (unpaired) electrons. The van der Waals surface area contributed by atoms with Crippen LogP contribution in [0.15, 0.2) is 0 Å². The van der Waals surface area contributed by atoms with E-state index < -0.39 is 5.97 Å². The van der Waals surface area contributed by atoms with Crippen LogP contribution in [0.2, 0.25) is 0 Å². The first-order valence-electron chi connectivity index (χ1n) is 5.03. The van der Waals surface area contributed by atoms with Crippen molar-refractivity contribution in [3.05, 3.63) is 11.5 Å². The van der Waals surface area contributed by atoms with Gasteiger partial charge in [0.1, 0.15) is 11.6 Å². The van der Waals surface area contributed by atoms with Crippen LogP contribution in [0.3, 0.4) is 0 Å². The number of rotatable bonds is 4. The summed E-state index contributed by atoms with van der Waals surface area (Å²) in [5.41, 5.74) is 6.04. The van der Waals surface area contributed by atoms with E-state index in [4.69, 9.17) is 5.73 Å². The van der Waals surface area contributed by atoms with Crippen molar-refractivity contribution in [3.63, 3.8) is 0 Å². The molecule has 0 aliphatic heterocycles. The van der Waals surface area contributed by atoms with Crippen LogP contribution in [-0.4, -0.2) is 48.2 Å². The molecule has 6 nitrogen and oxygen atoms in total. The normalized spacial score (nSPS) is 10.8. The third-order valence-electron chi connectivity index (χ3n) is 2.35. The molecule has 0 amide bonds. The molecule has 90 valence electrons. The number of nitrogens with zero attached hydrogens (tertiary/aromatic N) is 3. The van der Waals surface area contributed by atoms with Crippen molar-refractivity contribution in [1.29, 1.82) is 0 Å². The lowest BCUT2D eigenvalue weighted by Crippen LogP contribution is -2.20. The lowest BCUT2D eigenvalue weighted by atomic mass is 10.4. The summed E-state index contributed by atoms with van der Waals surface area (Å²) in [6.45, 7) is 3.36. The molecule has 1 rings (SSSR count). The van der Waals surface area contributed by atoms with Gasteiger partial charge < -0.3 is 19.9 Å². The number of ether oxygens (including phenoxy) is 1. The highest BCUT2D eigenvalue weighted by atomic mass is 16.5. The maximum absolute atomic E-state index is 11.3. The second kappa shape index (κ2) is 4.98. The van der Waals surface area contributed by atoms with Gasteiger partial charge in [0.2, 0.25) is 0 Å². The molecule has 1 heterocycles. The van der Waals surface area contributed by atoms with Crippen molar-refractivity contribution in [3.8, 4) is 0 Å². The zero-order valence-corrected chi connectivity index (χ0v) is 10.1. The van der Waals surface area contributed by atoms with E-state index in [1.807, 2.05) is 30.5 Å². The van der Waals surface area contributed by atoms with Gasteiger partial charge in [0.05, 0.1) is 7.11 Å². The minimum Gasteiger partial charge on any atom is -0.464 e. The highest BCUT2D eigenvalue weighted by Gasteiger charge is 2.18. The van der Waals surface area contributed by atoms with Gasteiger partial charge in [-0.25, -0.2) is 9.78 Å². The number of hydrogen-bond acceptors (Lipinski definition) is 5. The highest BCUT2D eigenvalue weighted by Crippen LogP contribution is 2.14. The molecular formula is C10H18N4O2. The molecule has 0 aliphatic carbocycles. The zero-order valence-electron chi connectivity index (χ0n) is 10.1. The largest absolute Gasteiger partial charge is 0.464 e. The van der Waals surface area contributed by atoms with E-state index in [1.54, 1.807) is 0 Å². The summed E-state index contributed by atoms with van der Waals surface area (Å²) in [6.07, 6.45) is 0. The number of hydrogen-bond donors (Lipinski definition) is 1. The number of nitrogen functional groups attached to an aromatic ring is 1. The number of nitrogens with two attached hydrogens (primary N) is 1. The fourth-order valence-electron chi connectivity index (χ4n) is 1.41. The second-order valence-corrected chi connectivity index (χ2v) is 3.84. The van der Waals surface area contributed by atoms with Crippen molar-refractivity contribution >= 4 is 11.8 Å². The number of aryl methyl sites for hydroxylation is 1. The number of carbonyl (C=O) groups excluding carboxylic acids is 1. The summed E-state index contributed by atoms with van der Waals surface area (Å²) >= 11 is 0. The van der Waals surface area contributed by atoms with Gasteiger partial charge in [-0.3, -0.25) is 0 Å². The van der Waals surface area contributed by atoms with Crippen LogP contribution in [0.4, 0.5) is 5.82 Å². The molecular weight excluding hydrogens is 208 g/mol. The number of aromatic nitrogens is 2. The molecule has 1 aromatic rings. The SMILES string of the molecule is COC(=O)c1nc(C)n(CCN(C)C)c1N. The van der Waals surface area contributed by atoms with Crippen molar-refractivity contribution in [2.45, 2.75) is 13.5 Å². The first kappa shape index (κ1) is 12.5. The van der Waals surface area contributed by atoms with Crippen molar-refractivity contribution in [2.75, 3.05) is 33.5 Å². The van der Waals surface area contributed by atoms with E-state index in [9.17, 15) is 4.79 Å². The maximum Gasteiger partial charge on any atom is 0.360 e. The fraction of sp³-hybridized carbons (Fsp3) is 0.600. The van der Waals surface area contributed by atoms with Gasteiger partial charge in [-0.2, -0.15) is 0 Å².